The Morgan fingerprint density at radius 2 is 0.470 bits per heavy atom. The van der Waals surface area contributed by atoms with Crippen molar-refractivity contribution in [2.24, 2.45) is 10.9 Å². The van der Waals surface area contributed by atoms with Crippen molar-refractivity contribution in [3.63, 3.8) is 0 Å². The second kappa shape index (κ2) is 58.5. The van der Waals surface area contributed by atoms with Crippen LogP contribution in [0.1, 0.15) is 374 Å². The normalized spacial score (nSPS) is 12.3. The zero-order valence-electron chi connectivity index (χ0n) is 46.8. The van der Waals surface area contributed by atoms with Crippen LogP contribution in [-0.4, -0.2) is 24.3 Å². The van der Waals surface area contributed by atoms with Crippen LogP contribution < -0.4 is 0 Å². The monoisotopic (exact) mass is 925 g/mol. The standard InChI is InChI=1S/C64H128N2/c1-6-10-13-16-19-22-25-28-31-34-37-40-43-46-49-52-57-63(58-53-50-47-44-41-38-35-32-29-26-23-20-17-14-11-7-2)59-55-56-61-64(65-62-66(5)9-4)60-54-51-48-45-42-39-36-33-30-27-24-21-18-15-12-8-3/h9,62-64H,4,6-8,10-61H2,1-3,5H3/b65-62+. The molecular weight excluding hydrogens is 797 g/mol. The third-order valence-corrected chi connectivity index (χ3v) is 15.5. The molecule has 0 bridgehead atoms. The van der Waals surface area contributed by atoms with Gasteiger partial charge >= 0.3 is 0 Å². The minimum atomic E-state index is 0.484. The Labute approximate surface area is 420 Å². The highest BCUT2D eigenvalue weighted by atomic mass is 15.1. The van der Waals surface area contributed by atoms with E-state index in [2.05, 4.69) is 34.4 Å². The van der Waals surface area contributed by atoms with Crippen molar-refractivity contribution in [3.8, 4) is 0 Å². The van der Waals surface area contributed by atoms with Crippen molar-refractivity contribution in [2.45, 2.75) is 380 Å². The van der Waals surface area contributed by atoms with Gasteiger partial charge in [0.2, 0.25) is 0 Å². The highest BCUT2D eigenvalue weighted by Gasteiger charge is 2.12. The van der Waals surface area contributed by atoms with E-state index in [1.54, 1.807) is 0 Å². The summed E-state index contributed by atoms with van der Waals surface area (Å²) in [6, 6.07) is 0.484. The summed E-state index contributed by atoms with van der Waals surface area (Å²) in [5, 5.41) is 0. The van der Waals surface area contributed by atoms with Crippen molar-refractivity contribution in [1.82, 2.24) is 4.90 Å². The Morgan fingerprint density at radius 3 is 0.697 bits per heavy atom. The summed E-state index contributed by atoms with van der Waals surface area (Å²) in [4.78, 5) is 7.13. The number of rotatable bonds is 59. The van der Waals surface area contributed by atoms with E-state index in [0.717, 1.165) is 5.92 Å². The Balaban J connectivity index is 4.46. The van der Waals surface area contributed by atoms with Crippen molar-refractivity contribution >= 4 is 6.34 Å². The van der Waals surface area contributed by atoms with Crippen LogP contribution in [-0.2, 0) is 0 Å². The van der Waals surface area contributed by atoms with Crippen LogP contribution in [0.25, 0.3) is 0 Å². The summed E-state index contributed by atoms with van der Waals surface area (Å²) in [6.45, 7) is 10.9. The molecule has 0 aliphatic rings. The lowest BCUT2D eigenvalue weighted by Crippen LogP contribution is -2.12. The fourth-order valence-electron chi connectivity index (χ4n) is 10.7. The van der Waals surface area contributed by atoms with Crippen LogP contribution >= 0.6 is 0 Å². The molecule has 0 radical (unpaired) electrons. The maximum absolute atomic E-state index is 5.10. The first-order valence-corrected chi connectivity index (χ1v) is 31.6. The quantitative estimate of drug-likeness (QED) is 0.0337. The fourth-order valence-corrected chi connectivity index (χ4v) is 10.7. The summed E-state index contributed by atoms with van der Waals surface area (Å²) in [5.74, 6) is 0.956. The molecule has 0 aromatic heterocycles. The van der Waals surface area contributed by atoms with Crippen LogP contribution in [0.2, 0.25) is 0 Å². The van der Waals surface area contributed by atoms with Gasteiger partial charge < -0.3 is 4.90 Å². The first-order chi connectivity index (χ1) is 32.7. The Morgan fingerprint density at radius 1 is 0.288 bits per heavy atom. The van der Waals surface area contributed by atoms with Gasteiger partial charge in [-0.15, -0.1) is 0 Å². The van der Waals surface area contributed by atoms with Crippen molar-refractivity contribution in [1.29, 1.82) is 0 Å². The van der Waals surface area contributed by atoms with E-state index in [1.807, 2.05) is 17.4 Å². The Bertz CT molecular complexity index is 859. The zero-order valence-corrected chi connectivity index (χ0v) is 46.8. The molecule has 0 saturated heterocycles. The molecule has 1 unspecified atom stereocenters. The SMILES string of the molecule is C=CN(C)/C=N/C(CCCCCCCCCCCCCCCCCC)CCCCC(CCCCCCCCCCCCCCCCCC)CCCCCCCCCCCCCCCCCC. The first kappa shape index (κ1) is 65.2. The molecule has 66 heavy (non-hydrogen) atoms. The number of aliphatic imine (C=N–C) groups is 1. The molecule has 0 N–H and O–H groups in total. The second-order valence-electron chi connectivity index (χ2n) is 22.2. The van der Waals surface area contributed by atoms with E-state index in [1.165, 1.54) is 353 Å². The van der Waals surface area contributed by atoms with Crippen molar-refractivity contribution < 1.29 is 0 Å². The molecule has 0 fully saturated rings. The van der Waals surface area contributed by atoms with Gasteiger partial charge in [-0.2, -0.15) is 0 Å². The lowest BCUT2D eigenvalue weighted by atomic mass is 9.89. The molecular formula is C64H128N2. The summed E-state index contributed by atoms with van der Waals surface area (Å²) in [5.41, 5.74) is 0. The smallest absolute Gasteiger partial charge is 0.0890 e. The predicted molar refractivity (Wildman–Crippen MR) is 305 cm³/mol. The second-order valence-corrected chi connectivity index (χ2v) is 22.2. The number of hydrogen-bond donors (Lipinski definition) is 0. The molecule has 0 aliphatic heterocycles. The molecule has 0 spiro atoms. The molecule has 0 rings (SSSR count). The van der Waals surface area contributed by atoms with Gasteiger partial charge in [0.25, 0.3) is 0 Å². The average Bonchev–Trinajstić information content (AvgIpc) is 3.33. The number of hydrogen-bond acceptors (Lipinski definition) is 1. The number of nitrogens with zero attached hydrogens (tertiary/aromatic N) is 2. The molecule has 2 nitrogen and oxygen atoms in total. The van der Waals surface area contributed by atoms with Gasteiger partial charge in [0.1, 0.15) is 0 Å². The molecule has 0 aliphatic carbocycles. The third-order valence-electron chi connectivity index (χ3n) is 15.5. The molecule has 0 heterocycles. The zero-order chi connectivity index (χ0) is 47.7. The lowest BCUT2D eigenvalue weighted by Gasteiger charge is -2.18. The molecule has 1 atom stereocenters. The first-order valence-electron chi connectivity index (χ1n) is 31.6. The third kappa shape index (κ3) is 54.2. The van der Waals surface area contributed by atoms with Crippen LogP contribution in [0.15, 0.2) is 17.8 Å². The van der Waals surface area contributed by atoms with Crippen molar-refractivity contribution in [2.75, 3.05) is 7.05 Å². The van der Waals surface area contributed by atoms with E-state index in [9.17, 15) is 0 Å². The van der Waals surface area contributed by atoms with E-state index >= 15 is 0 Å². The summed E-state index contributed by atoms with van der Waals surface area (Å²) in [7, 11) is 2.07. The lowest BCUT2D eigenvalue weighted by molar-refractivity contribution is 0.362. The van der Waals surface area contributed by atoms with E-state index in [0.29, 0.717) is 6.04 Å². The van der Waals surface area contributed by atoms with Crippen LogP contribution in [0.5, 0.6) is 0 Å². The van der Waals surface area contributed by atoms with E-state index in [-0.39, 0.29) is 0 Å². The van der Waals surface area contributed by atoms with E-state index < -0.39 is 0 Å². The molecule has 394 valence electrons. The van der Waals surface area contributed by atoms with Gasteiger partial charge in [0, 0.05) is 7.05 Å². The van der Waals surface area contributed by atoms with E-state index in [4.69, 9.17) is 4.99 Å². The highest BCUT2D eigenvalue weighted by molar-refractivity contribution is 5.56. The Kier molecular flexibility index (Phi) is 57.8. The summed E-state index contributed by atoms with van der Waals surface area (Å²) < 4.78 is 0. The minimum absolute atomic E-state index is 0.484. The fraction of sp³-hybridized carbons (Fsp3) is 0.953. The maximum atomic E-state index is 5.10. The highest BCUT2D eigenvalue weighted by Crippen LogP contribution is 2.26. The van der Waals surface area contributed by atoms with Crippen LogP contribution in [0.4, 0.5) is 0 Å². The molecule has 0 saturated carbocycles. The van der Waals surface area contributed by atoms with Crippen LogP contribution in [0.3, 0.4) is 0 Å². The summed E-state index contributed by atoms with van der Waals surface area (Å²) >= 11 is 0. The van der Waals surface area contributed by atoms with Gasteiger partial charge in [-0.25, -0.2) is 0 Å². The topological polar surface area (TPSA) is 15.6 Å². The van der Waals surface area contributed by atoms with Gasteiger partial charge in [-0.1, -0.05) is 368 Å². The number of unbranched alkanes of at least 4 members (excludes halogenated alkanes) is 46. The molecule has 0 aromatic rings. The summed E-state index contributed by atoms with van der Waals surface area (Å²) in [6.07, 6.45) is 83.6. The van der Waals surface area contributed by atoms with Crippen molar-refractivity contribution in [3.05, 3.63) is 12.8 Å². The van der Waals surface area contributed by atoms with Gasteiger partial charge in [0.15, 0.2) is 0 Å². The average molecular weight is 926 g/mol. The largest absolute Gasteiger partial charge is 0.343 e. The molecule has 2 heteroatoms. The molecule has 0 amide bonds. The van der Waals surface area contributed by atoms with Gasteiger partial charge in [0.05, 0.1) is 12.4 Å². The maximum Gasteiger partial charge on any atom is 0.0890 e. The van der Waals surface area contributed by atoms with Gasteiger partial charge in [-0.3, -0.25) is 4.99 Å². The minimum Gasteiger partial charge on any atom is -0.343 e. The van der Waals surface area contributed by atoms with Gasteiger partial charge in [-0.05, 0) is 25.0 Å². The molecule has 0 aromatic carbocycles. The Hall–Kier alpha value is -0.790. The predicted octanol–water partition coefficient (Wildman–Crippen LogP) is 23.6. The van der Waals surface area contributed by atoms with Crippen LogP contribution in [0, 0.1) is 5.92 Å².